The molecule has 88 valence electrons. The van der Waals surface area contributed by atoms with Crippen LogP contribution in [0.1, 0.15) is 5.56 Å². The first-order valence-electron chi connectivity index (χ1n) is 5.13. The third-order valence-corrected chi connectivity index (χ3v) is 2.39. The Labute approximate surface area is 97.5 Å². The lowest BCUT2D eigenvalue weighted by atomic mass is 10.2. The predicted molar refractivity (Wildman–Crippen MR) is 63.0 cm³/mol. The zero-order valence-electron chi connectivity index (χ0n) is 9.37. The third kappa shape index (κ3) is 2.28. The van der Waals surface area contributed by atoms with Crippen molar-refractivity contribution >= 4 is 0 Å². The van der Waals surface area contributed by atoms with Crippen molar-refractivity contribution in [3.05, 3.63) is 69.0 Å². The molecule has 5 heteroatoms. The summed E-state index contributed by atoms with van der Waals surface area (Å²) < 4.78 is 2.14. The van der Waals surface area contributed by atoms with Crippen molar-refractivity contribution in [1.29, 1.82) is 0 Å². The molecule has 0 aliphatic rings. The molecule has 2 rings (SSSR count). The van der Waals surface area contributed by atoms with Crippen LogP contribution in [-0.4, -0.2) is 16.4 Å². The highest BCUT2D eigenvalue weighted by atomic mass is 16.7. The molecular formula is C12H12N2O3. The topological polar surface area (TPSA) is 53.2 Å². The molecular weight excluding hydrogens is 220 g/mol. The molecule has 0 unspecified atom stereocenters. The van der Waals surface area contributed by atoms with Crippen molar-refractivity contribution < 1.29 is 4.84 Å². The highest BCUT2D eigenvalue weighted by molar-refractivity contribution is 5.15. The molecule has 0 aliphatic carbocycles. The van der Waals surface area contributed by atoms with Gasteiger partial charge < -0.3 is 4.84 Å². The number of hydrogen-bond donors (Lipinski definition) is 0. The number of aromatic nitrogens is 2. The largest absolute Gasteiger partial charge is 0.409 e. The van der Waals surface area contributed by atoms with Crippen LogP contribution in [0, 0.1) is 0 Å². The molecule has 0 bridgehead atoms. The normalized spacial score (nSPS) is 10.2. The smallest absolute Gasteiger partial charge is 0.364 e. The minimum absolute atomic E-state index is 0.406. The zero-order valence-corrected chi connectivity index (χ0v) is 9.37. The van der Waals surface area contributed by atoms with E-state index in [9.17, 15) is 9.59 Å². The summed E-state index contributed by atoms with van der Waals surface area (Å²) in [6, 6.07) is 10.8. The van der Waals surface area contributed by atoms with E-state index < -0.39 is 11.2 Å². The van der Waals surface area contributed by atoms with Crippen LogP contribution in [0.5, 0.6) is 0 Å². The van der Waals surface area contributed by atoms with Gasteiger partial charge in [-0.05, 0) is 5.56 Å². The maximum absolute atomic E-state index is 11.8. The number of rotatable bonds is 3. The molecule has 0 fully saturated rings. The molecule has 0 aliphatic heterocycles. The summed E-state index contributed by atoms with van der Waals surface area (Å²) >= 11 is 0. The molecule has 0 amide bonds. The maximum atomic E-state index is 11.8. The zero-order chi connectivity index (χ0) is 12.3. The Morgan fingerprint density at radius 2 is 1.82 bits per heavy atom. The molecule has 5 nitrogen and oxygen atoms in total. The summed E-state index contributed by atoms with van der Waals surface area (Å²) in [6.07, 6.45) is 1.47. The van der Waals surface area contributed by atoms with Gasteiger partial charge in [-0.25, -0.2) is 4.79 Å². The predicted octanol–water partition coefficient (Wildman–Crippen LogP) is 0.117. The Balaban J connectivity index is 2.42. The molecule has 2 aromatic rings. The number of hydrogen-bond acceptors (Lipinski definition) is 3. The standard InChI is InChI=1S/C12H12N2O3/c1-17-14-11(15)7-8-13(12(14)16)9-10-5-3-2-4-6-10/h2-8H,9H2,1H3. The average molecular weight is 232 g/mol. The van der Waals surface area contributed by atoms with E-state index in [0.29, 0.717) is 6.54 Å². The van der Waals surface area contributed by atoms with Gasteiger partial charge in [0.2, 0.25) is 0 Å². The second-order valence-corrected chi connectivity index (χ2v) is 3.53. The number of benzene rings is 1. The fourth-order valence-electron chi connectivity index (χ4n) is 1.56. The van der Waals surface area contributed by atoms with E-state index in [4.69, 9.17) is 4.84 Å². The first-order chi connectivity index (χ1) is 8.22. The van der Waals surface area contributed by atoms with Gasteiger partial charge in [-0.15, -0.1) is 0 Å². The summed E-state index contributed by atoms with van der Waals surface area (Å²) in [6.45, 7) is 0.406. The van der Waals surface area contributed by atoms with Crippen LogP contribution >= 0.6 is 0 Å². The molecule has 0 spiro atoms. The Morgan fingerprint density at radius 1 is 1.12 bits per heavy atom. The van der Waals surface area contributed by atoms with E-state index in [1.54, 1.807) is 0 Å². The van der Waals surface area contributed by atoms with E-state index in [-0.39, 0.29) is 0 Å². The molecule has 0 N–H and O–H groups in total. The molecule has 1 aromatic carbocycles. The van der Waals surface area contributed by atoms with Crippen molar-refractivity contribution in [3.63, 3.8) is 0 Å². The Hall–Kier alpha value is -2.30. The lowest BCUT2D eigenvalue weighted by Crippen LogP contribution is -2.42. The van der Waals surface area contributed by atoms with E-state index in [0.717, 1.165) is 10.3 Å². The maximum Gasteiger partial charge on any atom is 0.364 e. The van der Waals surface area contributed by atoms with Gasteiger partial charge in [0.25, 0.3) is 5.56 Å². The fourth-order valence-corrected chi connectivity index (χ4v) is 1.56. The van der Waals surface area contributed by atoms with Gasteiger partial charge in [0, 0.05) is 12.3 Å². The van der Waals surface area contributed by atoms with Gasteiger partial charge in [-0.3, -0.25) is 9.36 Å². The van der Waals surface area contributed by atoms with Crippen molar-refractivity contribution in [2.24, 2.45) is 0 Å². The highest BCUT2D eigenvalue weighted by Gasteiger charge is 2.04. The van der Waals surface area contributed by atoms with Crippen molar-refractivity contribution in [2.75, 3.05) is 7.11 Å². The summed E-state index contributed by atoms with van der Waals surface area (Å²) in [5.74, 6) is 0. The second-order valence-electron chi connectivity index (χ2n) is 3.53. The summed E-state index contributed by atoms with van der Waals surface area (Å²) in [4.78, 5) is 27.9. The minimum Gasteiger partial charge on any atom is -0.409 e. The summed E-state index contributed by atoms with van der Waals surface area (Å²) in [5, 5.41) is 0. The van der Waals surface area contributed by atoms with E-state index in [1.807, 2.05) is 30.3 Å². The molecule has 0 radical (unpaired) electrons. The Kier molecular flexibility index (Phi) is 3.09. The van der Waals surface area contributed by atoms with Gasteiger partial charge in [0.15, 0.2) is 0 Å². The van der Waals surface area contributed by atoms with Gasteiger partial charge >= 0.3 is 5.69 Å². The van der Waals surface area contributed by atoms with Gasteiger partial charge in [-0.2, -0.15) is 0 Å². The molecule has 0 saturated heterocycles. The quantitative estimate of drug-likeness (QED) is 0.755. The van der Waals surface area contributed by atoms with Crippen LogP contribution < -0.4 is 16.1 Å². The lowest BCUT2D eigenvalue weighted by Gasteiger charge is -2.08. The van der Waals surface area contributed by atoms with Crippen molar-refractivity contribution in [2.45, 2.75) is 6.54 Å². The molecule has 17 heavy (non-hydrogen) atoms. The van der Waals surface area contributed by atoms with Crippen LogP contribution in [0.2, 0.25) is 0 Å². The van der Waals surface area contributed by atoms with Crippen LogP contribution in [0.25, 0.3) is 0 Å². The molecule has 1 aromatic heterocycles. The summed E-state index contributed by atoms with van der Waals surface area (Å²) in [7, 11) is 1.29. The highest BCUT2D eigenvalue weighted by Crippen LogP contribution is 1.99. The SMILES string of the molecule is COn1c(=O)ccn(Cc2ccccc2)c1=O. The molecule has 0 atom stereocenters. The van der Waals surface area contributed by atoms with Crippen LogP contribution in [-0.2, 0) is 6.54 Å². The van der Waals surface area contributed by atoms with E-state index in [2.05, 4.69) is 0 Å². The van der Waals surface area contributed by atoms with Crippen LogP contribution in [0.3, 0.4) is 0 Å². The second kappa shape index (κ2) is 4.69. The van der Waals surface area contributed by atoms with E-state index >= 15 is 0 Å². The lowest BCUT2D eigenvalue weighted by molar-refractivity contribution is 0.140. The fraction of sp³-hybridized carbons (Fsp3) is 0.167. The average Bonchev–Trinajstić information content (AvgIpc) is 2.35. The van der Waals surface area contributed by atoms with Crippen molar-refractivity contribution in [3.8, 4) is 0 Å². The van der Waals surface area contributed by atoms with Crippen LogP contribution in [0.15, 0.2) is 52.2 Å². The van der Waals surface area contributed by atoms with Crippen LogP contribution in [0.4, 0.5) is 0 Å². The third-order valence-electron chi connectivity index (χ3n) is 2.39. The first kappa shape index (κ1) is 11.2. The van der Waals surface area contributed by atoms with Gasteiger partial charge in [0.05, 0.1) is 6.54 Å². The number of nitrogens with zero attached hydrogens (tertiary/aromatic N) is 2. The van der Waals surface area contributed by atoms with Gasteiger partial charge in [0.1, 0.15) is 7.11 Å². The summed E-state index contributed by atoms with van der Waals surface area (Å²) in [5.41, 5.74) is 0.0292. The Bertz CT molecular complexity index is 614. The monoisotopic (exact) mass is 232 g/mol. The van der Waals surface area contributed by atoms with E-state index in [1.165, 1.54) is 23.9 Å². The molecule has 1 heterocycles. The minimum atomic E-state index is -0.483. The van der Waals surface area contributed by atoms with Crippen molar-refractivity contribution in [1.82, 2.24) is 9.30 Å². The Morgan fingerprint density at radius 3 is 2.47 bits per heavy atom. The van der Waals surface area contributed by atoms with Gasteiger partial charge in [-0.1, -0.05) is 35.1 Å². The first-order valence-corrected chi connectivity index (χ1v) is 5.13. The molecule has 0 saturated carbocycles.